The molecule has 6 nitrogen and oxygen atoms in total. The van der Waals surface area contributed by atoms with Crippen LogP contribution in [0.25, 0.3) is 0 Å². The first-order valence-electron chi connectivity index (χ1n) is 12.3. The van der Waals surface area contributed by atoms with Crippen molar-refractivity contribution in [2.24, 2.45) is 11.8 Å². The van der Waals surface area contributed by atoms with Gasteiger partial charge < -0.3 is 23.7 Å². The molecule has 0 amide bonds. The van der Waals surface area contributed by atoms with Crippen LogP contribution in [-0.2, 0) is 34.9 Å². The second-order valence-electron chi connectivity index (χ2n) is 8.88. The van der Waals surface area contributed by atoms with Gasteiger partial charge >= 0.3 is 5.97 Å². The highest BCUT2D eigenvalue weighted by molar-refractivity contribution is 5.72. The molecule has 32 heavy (non-hydrogen) atoms. The summed E-state index contributed by atoms with van der Waals surface area (Å²) in [4.78, 5) is 11.9. The molecule has 0 radical (unpaired) electrons. The van der Waals surface area contributed by atoms with Crippen LogP contribution in [0.15, 0.2) is 30.3 Å². The van der Waals surface area contributed by atoms with Crippen molar-refractivity contribution in [1.82, 2.24) is 0 Å². The topological polar surface area (TPSA) is 63.2 Å². The molecule has 2 unspecified atom stereocenters. The van der Waals surface area contributed by atoms with E-state index in [1.54, 1.807) is 0 Å². The molecule has 2 aliphatic rings. The summed E-state index contributed by atoms with van der Waals surface area (Å²) in [7, 11) is 0. The van der Waals surface area contributed by atoms with E-state index >= 15 is 0 Å². The molecule has 0 spiro atoms. The smallest absolute Gasteiger partial charge is 0.306 e. The Morgan fingerprint density at radius 3 is 2.47 bits per heavy atom. The average Bonchev–Trinajstić information content (AvgIpc) is 3.26. The molecular formula is C26H40O6. The average molecular weight is 449 g/mol. The SMILES string of the molecule is CCOC(C)O[C@@H](CCc1ccccc1)CC[C@@H]1[C@H]2CC(=O)O[C@H]2C[C@H]1OC(C)OCC. The lowest BCUT2D eigenvalue weighted by molar-refractivity contribution is -0.174. The van der Waals surface area contributed by atoms with E-state index in [2.05, 4.69) is 24.3 Å². The van der Waals surface area contributed by atoms with Crippen molar-refractivity contribution < 1.29 is 28.5 Å². The summed E-state index contributed by atoms with van der Waals surface area (Å²) >= 11 is 0. The summed E-state index contributed by atoms with van der Waals surface area (Å²) in [6, 6.07) is 10.5. The number of ether oxygens (including phenoxy) is 5. The lowest BCUT2D eigenvalue weighted by Gasteiger charge is -2.28. The summed E-state index contributed by atoms with van der Waals surface area (Å²) in [6.45, 7) is 9.10. The van der Waals surface area contributed by atoms with Gasteiger partial charge in [0.15, 0.2) is 12.6 Å². The third kappa shape index (κ3) is 7.27. The molecule has 1 heterocycles. The van der Waals surface area contributed by atoms with E-state index in [1.807, 2.05) is 33.8 Å². The van der Waals surface area contributed by atoms with E-state index in [0.717, 1.165) is 32.1 Å². The summed E-state index contributed by atoms with van der Waals surface area (Å²) in [6.07, 6.45) is 4.56. The number of fused-ring (bicyclic) bond motifs is 1. The molecule has 2 fully saturated rings. The maximum absolute atomic E-state index is 11.9. The number of carbonyl (C=O) groups excluding carboxylic acids is 1. The van der Waals surface area contributed by atoms with Gasteiger partial charge in [-0.15, -0.1) is 0 Å². The second kappa shape index (κ2) is 12.7. The first kappa shape index (κ1) is 25.2. The van der Waals surface area contributed by atoms with Crippen molar-refractivity contribution in [2.45, 2.75) is 97.1 Å². The van der Waals surface area contributed by atoms with Crippen molar-refractivity contribution in [3.63, 3.8) is 0 Å². The minimum absolute atomic E-state index is 0.0302. The second-order valence-corrected chi connectivity index (χ2v) is 8.88. The van der Waals surface area contributed by atoms with Crippen molar-refractivity contribution in [3.8, 4) is 0 Å². The lowest BCUT2D eigenvalue weighted by Crippen LogP contribution is -2.30. The summed E-state index contributed by atoms with van der Waals surface area (Å²) < 4.78 is 29.4. The van der Waals surface area contributed by atoms with Crippen LogP contribution in [0.1, 0.15) is 65.4 Å². The molecular weight excluding hydrogens is 408 g/mol. The summed E-state index contributed by atoms with van der Waals surface area (Å²) in [5.74, 6) is 0.406. The van der Waals surface area contributed by atoms with Crippen LogP contribution in [0.4, 0.5) is 0 Å². The highest BCUT2D eigenvalue weighted by Crippen LogP contribution is 2.45. The number of hydrogen-bond donors (Lipinski definition) is 0. The zero-order valence-corrected chi connectivity index (χ0v) is 20.0. The molecule has 7 atom stereocenters. The third-order valence-corrected chi connectivity index (χ3v) is 6.63. The van der Waals surface area contributed by atoms with E-state index in [1.165, 1.54) is 5.56 Å². The summed E-state index contributed by atoms with van der Waals surface area (Å²) in [5.41, 5.74) is 1.31. The van der Waals surface area contributed by atoms with Crippen molar-refractivity contribution in [2.75, 3.05) is 13.2 Å². The third-order valence-electron chi connectivity index (χ3n) is 6.63. The Kier molecular flexibility index (Phi) is 9.97. The van der Waals surface area contributed by atoms with E-state index in [4.69, 9.17) is 23.7 Å². The van der Waals surface area contributed by atoms with E-state index < -0.39 is 0 Å². The Labute approximate surface area is 192 Å². The fourth-order valence-electron chi connectivity index (χ4n) is 5.21. The van der Waals surface area contributed by atoms with Crippen LogP contribution in [0.3, 0.4) is 0 Å². The Morgan fingerprint density at radius 1 is 1.03 bits per heavy atom. The molecule has 6 heteroatoms. The Morgan fingerprint density at radius 2 is 1.75 bits per heavy atom. The van der Waals surface area contributed by atoms with Gasteiger partial charge in [0.05, 0.1) is 18.6 Å². The number of esters is 1. The number of benzene rings is 1. The Hall–Kier alpha value is -1.47. The van der Waals surface area contributed by atoms with Crippen LogP contribution < -0.4 is 0 Å². The standard InChI is InChI=1S/C26H40O6/c1-5-28-18(3)30-21(13-12-20-10-8-7-9-11-20)14-15-22-23-16-26(27)32-25(23)17-24(22)31-19(4)29-6-2/h7-11,18-19,21-25H,5-6,12-17H2,1-4H3/t18?,19?,21-,22+,23+,24+,25-/m0/s1. The van der Waals surface area contributed by atoms with Crippen LogP contribution in [0.2, 0.25) is 0 Å². The van der Waals surface area contributed by atoms with Gasteiger partial charge in [-0.1, -0.05) is 30.3 Å². The maximum Gasteiger partial charge on any atom is 0.306 e. The molecule has 3 rings (SSSR count). The molecule has 1 aliphatic heterocycles. The normalized spacial score (nSPS) is 27.7. The molecule has 1 aromatic rings. The van der Waals surface area contributed by atoms with E-state index in [9.17, 15) is 4.79 Å². The Balaban J connectivity index is 1.62. The van der Waals surface area contributed by atoms with Crippen molar-refractivity contribution >= 4 is 5.97 Å². The molecule has 0 aromatic heterocycles. The Bertz CT molecular complexity index is 680. The fraction of sp³-hybridized carbons (Fsp3) is 0.731. The molecule has 1 saturated heterocycles. The minimum Gasteiger partial charge on any atom is -0.462 e. The largest absolute Gasteiger partial charge is 0.462 e. The molecule has 1 aromatic carbocycles. The van der Waals surface area contributed by atoms with Gasteiger partial charge in [-0.3, -0.25) is 4.79 Å². The van der Waals surface area contributed by atoms with Crippen LogP contribution >= 0.6 is 0 Å². The zero-order chi connectivity index (χ0) is 22.9. The predicted octanol–water partition coefficient (Wildman–Crippen LogP) is 4.89. The van der Waals surface area contributed by atoms with Gasteiger partial charge in [0.1, 0.15) is 6.10 Å². The highest BCUT2D eigenvalue weighted by Gasteiger charge is 2.50. The van der Waals surface area contributed by atoms with Crippen LogP contribution in [0, 0.1) is 11.8 Å². The van der Waals surface area contributed by atoms with Crippen LogP contribution in [-0.4, -0.2) is 50.1 Å². The van der Waals surface area contributed by atoms with Crippen LogP contribution in [0.5, 0.6) is 0 Å². The number of aryl methyl sites for hydroxylation is 1. The molecule has 180 valence electrons. The quantitative estimate of drug-likeness (QED) is 0.298. The fourth-order valence-corrected chi connectivity index (χ4v) is 5.21. The van der Waals surface area contributed by atoms with Crippen molar-refractivity contribution in [1.29, 1.82) is 0 Å². The van der Waals surface area contributed by atoms with Gasteiger partial charge in [-0.25, -0.2) is 0 Å². The van der Waals surface area contributed by atoms with E-state index in [0.29, 0.717) is 19.6 Å². The summed E-state index contributed by atoms with van der Waals surface area (Å²) in [5, 5.41) is 0. The number of rotatable bonds is 14. The van der Waals surface area contributed by atoms with Crippen molar-refractivity contribution in [3.05, 3.63) is 35.9 Å². The van der Waals surface area contributed by atoms with E-state index in [-0.39, 0.29) is 48.7 Å². The van der Waals surface area contributed by atoms with Gasteiger partial charge in [0, 0.05) is 25.6 Å². The number of hydrogen-bond acceptors (Lipinski definition) is 6. The first-order chi connectivity index (χ1) is 15.5. The van der Waals surface area contributed by atoms with Gasteiger partial charge in [0.25, 0.3) is 0 Å². The molecule has 1 aliphatic carbocycles. The predicted molar refractivity (Wildman–Crippen MR) is 122 cm³/mol. The highest BCUT2D eigenvalue weighted by atomic mass is 16.7. The van der Waals surface area contributed by atoms with Gasteiger partial charge in [-0.2, -0.15) is 0 Å². The van der Waals surface area contributed by atoms with Gasteiger partial charge in [-0.05, 0) is 64.9 Å². The number of carbonyl (C=O) groups is 1. The molecule has 0 N–H and O–H groups in total. The molecule has 0 bridgehead atoms. The minimum atomic E-state index is -0.259. The van der Waals surface area contributed by atoms with Gasteiger partial charge in [0.2, 0.25) is 0 Å². The monoisotopic (exact) mass is 448 g/mol. The zero-order valence-electron chi connectivity index (χ0n) is 20.0. The lowest BCUT2D eigenvalue weighted by atomic mass is 9.86. The molecule has 1 saturated carbocycles. The first-order valence-corrected chi connectivity index (χ1v) is 12.3. The maximum atomic E-state index is 11.9.